The van der Waals surface area contributed by atoms with Crippen molar-refractivity contribution in [2.45, 2.75) is 13.8 Å². The van der Waals surface area contributed by atoms with Crippen molar-refractivity contribution in [3.8, 4) is 0 Å². The molecule has 5 heteroatoms. The van der Waals surface area contributed by atoms with Crippen LogP contribution in [0.3, 0.4) is 0 Å². The Labute approximate surface area is 99.9 Å². The summed E-state index contributed by atoms with van der Waals surface area (Å²) in [5.41, 5.74) is 6.60. The van der Waals surface area contributed by atoms with E-state index in [1.54, 1.807) is 37.3 Å². The third kappa shape index (κ3) is 3.34. The molecule has 3 amide bonds. The van der Waals surface area contributed by atoms with Gasteiger partial charge in [-0.3, -0.25) is 4.79 Å². The molecule has 1 rings (SSSR count). The van der Waals surface area contributed by atoms with Gasteiger partial charge in [-0.2, -0.15) is 0 Å². The van der Waals surface area contributed by atoms with E-state index in [9.17, 15) is 9.59 Å². The number of urea groups is 1. The molecule has 0 bridgehead atoms. The summed E-state index contributed by atoms with van der Waals surface area (Å²) in [7, 11) is 0. The standard InChI is InChI=1S/C12H15N3O2/c1-3-8-14-12(17)15(9(2)16)11-6-4-10(13)5-7-11/h3-8H,13H2,1-2H3,(H,14,17)/b8-3+. The van der Waals surface area contributed by atoms with Gasteiger partial charge in [0.15, 0.2) is 0 Å². The second-order valence-electron chi connectivity index (χ2n) is 3.40. The third-order valence-electron chi connectivity index (χ3n) is 2.04. The van der Waals surface area contributed by atoms with Gasteiger partial charge in [0.25, 0.3) is 0 Å². The van der Waals surface area contributed by atoms with Gasteiger partial charge in [-0.05, 0) is 31.2 Å². The number of hydrogen-bond donors (Lipinski definition) is 2. The first-order chi connectivity index (χ1) is 8.06. The number of imide groups is 1. The molecule has 0 spiro atoms. The highest BCUT2D eigenvalue weighted by Gasteiger charge is 2.18. The zero-order valence-electron chi connectivity index (χ0n) is 9.81. The number of anilines is 2. The number of nitrogen functional groups attached to an aromatic ring is 1. The molecule has 0 aliphatic rings. The molecule has 0 saturated heterocycles. The van der Waals surface area contributed by atoms with Gasteiger partial charge in [0.05, 0.1) is 5.69 Å². The molecule has 3 N–H and O–H groups in total. The second kappa shape index (κ2) is 5.69. The van der Waals surface area contributed by atoms with Crippen molar-refractivity contribution in [2.24, 2.45) is 0 Å². The fourth-order valence-electron chi connectivity index (χ4n) is 1.28. The van der Waals surface area contributed by atoms with Gasteiger partial charge in [-0.25, -0.2) is 9.69 Å². The van der Waals surface area contributed by atoms with Gasteiger partial charge in [0, 0.05) is 18.8 Å². The molecule has 5 nitrogen and oxygen atoms in total. The minimum absolute atomic E-state index is 0.364. The Morgan fingerprint density at radius 3 is 2.35 bits per heavy atom. The lowest BCUT2D eigenvalue weighted by atomic mass is 10.2. The van der Waals surface area contributed by atoms with E-state index in [0.717, 1.165) is 4.90 Å². The SMILES string of the molecule is C/C=C/NC(=O)N(C(C)=O)c1ccc(N)cc1. The molecule has 0 heterocycles. The summed E-state index contributed by atoms with van der Waals surface area (Å²) in [5, 5.41) is 2.48. The molecular weight excluding hydrogens is 218 g/mol. The van der Waals surface area contributed by atoms with E-state index in [1.165, 1.54) is 13.1 Å². The molecule has 0 atom stereocenters. The number of carbonyl (C=O) groups excluding carboxylic acids is 2. The number of hydrogen-bond acceptors (Lipinski definition) is 3. The maximum absolute atomic E-state index is 11.7. The summed E-state index contributed by atoms with van der Waals surface area (Å²) in [5.74, 6) is -0.364. The summed E-state index contributed by atoms with van der Waals surface area (Å²) in [6.45, 7) is 3.09. The highest BCUT2D eigenvalue weighted by Crippen LogP contribution is 2.16. The molecular formula is C12H15N3O2. The summed E-state index contributed by atoms with van der Waals surface area (Å²) >= 11 is 0. The van der Waals surface area contributed by atoms with Crippen LogP contribution in [0.25, 0.3) is 0 Å². The largest absolute Gasteiger partial charge is 0.399 e. The maximum atomic E-state index is 11.7. The second-order valence-corrected chi connectivity index (χ2v) is 3.40. The summed E-state index contributed by atoms with van der Waals surface area (Å²) in [4.78, 5) is 24.2. The van der Waals surface area contributed by atoms with Gasteiger partial charge in [0.2, 0.25) is 5.91 Å². The minimum Gasteiger partial charge on any atom is -0.399 e. The normalized spacial score (nSPS) is 10.2. The fourth-order valence-corrected chi connectivity index (χ4v) is 1.28. The van der Waals surface area contributed by atoms with Crippen LogP contribution in [0.1, 0.15) is 13.8 Å². The quantitative estimate of drug-likeness (QED) is 0.765. The van der Waals surface area contributed by atoms with Crippen LogP contribution in [-0.2, 0) is 4.79 Å². The number of benzene rings is 1. The Morgan fingerprint density at radius 1 is 1.29 bits per heavy atom. The number of allylic oxidation sites excluding steroid dienone is 1. The van der Waals surface area contributed by atoms with Crippen LogP contribution in [0.2, 0.25) is 0 Å². The van der Waals surface area contributed by atoms with Crippen LogP contribution in [0.5, 0.6) is 0 Å². The van der Waals surface area contributed by atoms with Crippen LogP contribution >= 0.6 is 0 Å². The lowest BCUT2D eigenvalue weighted by molar-refractivity contribution is -0.115. The Balaban J connectivity index is 2.97. The van der Waals surface area contributed by atoms with Gasteiger partial charge >= 0.3 is 6.03 Å². The van der Waals surface area contributed by atoms with Crippen molar-refractivity contribution in [3.63, 3.8) is 0 Å². The van der Waals surface area contributed by atoms with Gasteiger partial charge in [0.1, 0.15) is 0 Å². The van der Waals surface area contributed by atoms with Crippen molar-refractivity contribution in [3.05, 3.63) is 36.5 Å². The average Bonchev–Trinajstić information content (AvgIpc) is 2.29. The zero-order valence-corrected chi connectivity index (χ0v) is 9.81. The minimum atomic E-state index is -0.500. The number of amides is 3. The van der Waals surface area contributed by atoms with Crippen molar-refractivity contribution in [1.29, 1.82) is 0 Å². The summed E-state index contributed by atoms with van der Waals surface area (Å²) in [6, 6.07) is 6.00. The predicted molar refractivity (Wildman–Crippen MR) is 67.4 cm³/mol. The highest BCUT2D eigenvalue weighted by atomic mass is 16.2. The lowest BCUT2D eigenvalue weighted by Gasteiger charge is -2.18. The average molecular weight is 233 g/mol. The first kappa shape index (κ1) is 12.8. The van der Waals surface area contributed by atoms with E-state index in [-0.39, 0.29) is 5.91 Å². The first-order valence-corrected chi connectivity index (χ1v) is 5.14. The van der Waals surface area contributed by atoms with Crippen LogP contribution in [0.4, 0.5) is 16.2 Å². The van der Waals surface area contributed by atoms with Crippen LogP contribution < -0.4 is 16.0 Å². The number of nitrogens with one attached hydrogen (secondary N) is 1. The molecule has 0 aromatic heterocycles. The van der Waals surface area contributed by atoms with Crippen molar-refractivity contribution >= 4 is 23.3 Å². The molecule has 1 aromatic rings. The molecule has 17 heavy (non-hydrogen) atoms. The van der Waals surface area contributed by atoms with E-state index >= 15 is 0 Å². The smallest absolute Gasteiger partial charge is 0.332 e. The van der Waals surface area contributed by atoms with Gasteiger partial charge in [-0.1, -0.05) is 6.08 Å². The highest BCUT2D eigenvalue weighted by molar-refractivity contribution is 6.13. The van der Waals surface area contributed by atoms with E-state index < -0.39 is 6.03 Å². The van der Waals surface area contributed by atoms with Crippen molar-refractivity contribution < 1.29 is 9.59 Å². The Kier molecular flexibility index (Phi) is 4.28. The molecule has 90 valence electrons. The molecule has 0 radical (unpaired) electrons. The van der Waals surface area contributed by atoms with E-state index in [4.69, 9.17) is 5.73 Å². The fraction of sp³-hybridized carbons (Fsp3) is 0.167. The number of carbonyl (C=O) groups is 2. The number of rotatable bonds is 2. The van der Waals surface area contributed by atoms with E-state index in [2.05, 4.69) is 5.32 Å². The Morgan fingerprint density at radius 2 is 1.88 bits per heavy atom. The monoisotopic (exact) mass is 233 g/mol. The van der Waals surface area contributed by atoms with Crippen LogP contribution in [0, 0.1) is 0 Å². The Bertz CT molecular complexity index is 438. The topological polar surface area (TPSA) is 75.4 Å². The predicted octanol–water partition coefficient (Wildman–Crippen LogP) is 1.86. The molecule has 0 fully saturated rings. The van der Waals surface area contributed by atoms with E-state index in [1.807, 2.05) is 0 Å². The van der Waals surface area contributed by atoms with Gasteiger partial charge in [-0.15, -0.1) is 0 Å². The molecule has 0 aliphatic carbocycles. The molecule has 0 aliphatic heterocycles. The summed E-state index contributed by atoms with van der Waals surface area (Å²) in [6.07, 6.45) is 3.13. The molecule has 1 aromatic carbocycles. The first-order valence-electron chi connectivity index (χ1n) is 5.14. The third-order valence-corrected chi connectivity index (χ3v) is 2.04. The number of nitrogens with two attached hydrogens (primary N) is 1. The maximum Gasteiger partial charge on any atom is 0.332 e. The molecule has 0 unspecified atom stereocenters. The molecule has 0 saturated carbocycles. The lowest BCUT2D eigenvalue weighted by Crippen LogP contribution is -2.40. The summed E-state index contributed by atoms with van der Waals surface area (Å²) < 4.78 is 0. The van der Waals surface area contributed by atoms with Crippen molar-refractivity contribution in [2.75, 3.05) is 10.6 Å². The van der Waals surface area contributed by atoms with E-state index in [0.29, 0.717) is 11.4 Å². The Hall–Kier alpha value is -2.30. The van der Waals surface area contributed by atoms with Gasteiger partial charge < -0.3 is 11.1 Å². The van der Waals surface area contributed by atoms with Crippen LogP contribution in [-0.4, -0.2) is 11.9 Å². The van der Waals surface area contributed by atoms with Crippen LogP contribution in [0.15, 0.2) is 36.5 Å². The zero-order chi connectivity index (χ0) is 12.8. The van der Waals surface area contributed by atoms with Crippen molar-refractivity contribution in [1.82, 2.24) is 5.32 Å². The number of nitrogens with zero attached hydrogens (tertiary/aromatic N) is 1.